The van der Waals surface area contributed by atoms with E-state index in [0.717, 1.165) is 5.39 Å². The Morgan fingerprint density at radius 3 is 2.47 bits per heavy atom. The largest absolute Gasteiger partial charge is 0.456 e. The van der Waals surface area contributed by atoms with Crippen molar-refractivity contribution in [1.29, 1.82) is 0 Å². The maximum Gasteiger partial charge on any atom is 0.291 e. The van der Waals surface area contributed by atoms with Crippen molar-refractivity contribution in [2.75, 3.05) is 5.32 Å². The Labute approximate surface area is 175 Å². The fourth-order valence-corrected chi connectivity index (χ4v) is 3.54. The molecule has 2 aromatic heterocycles. The molecule has 5 rings (SSSR count). The van der Waals surface area contributed by atoms with Crippen LogP contribution in [0.3, 0.4) is 0 Å². The Morgan fingerprint density at radius 2 is 1.63 bits per heavy atom. The lowest BCUT2D eigenvalue weighted by Gasteiger charge is -2.07. The van der Waals surface area contributed by atoms with Gasteiger partial charge in [-0.15, -0.1) is 0 Å². The molecule has 0 radical (unpaired) electrons. The van der Waals surface area contributed by atoms with E-state index in [1.54, 1.807) is 42.5 Å². The number of carbonyl (C=O) groups is 1. The first-order valence-electron chi connectivity index (χ1n) is 9.21. The third kappa shape index (κ3) is 3.25. The summed E-state index contributed by atoms with van der Waals surface area (Å²) in [6.45, 7) is 0. The molecule has 30 heavy (non-hydrogen) atoms. The molecule has 0 aliphatic carbocycles. The molecule has 5 nitrogen and oxygen atoms in total. The quantitative estimate of drug-likeness (QED) is 0.385. The van der Waals surface area contributed by atoms with Crippen molar-refractivity contribution in [2.45, 2.75) is 0 Å². The van der Waals surface area contributed by atoms with Crippen molar-refractivity contribution < 1.29 is 13.6 Å². The van der Waals surface area contributed by atoms with Gasteiger partial charge in [0.05, 0.1) is 10.4 Å². The fraction of sp³-hybridized carbons (Fsp3) is 0. The summed E-state index contributed by atoms with van der Waals surface area (Å²) in [7, 11) is 0. The smallest absolute Gasteiger partial charge is 0.291 e. The van der Waals surface area contributed by atoms with Crippen LogP contribution in [0.2, 0.25) is 5.02 Å². The van der Waals surface area contributed by atoms with Gasteiger partial charge in [-0.3, -0.25) is 9.59 Å². The number of rotatable bonds is 3. The predicted octanol–water partition coefficient (Wildman–Crippen LogP) is 6.11. The second-order valence-electron chi connectivity index (χ2n) is 6.77. The minimum Gasteiger partial charge on any atom is -0.456 e. The van der Waals surface area contributed by atoms with Gasteiger partial charge in [0.25, 0.3) is 5.91 Å². The summed E-state index contributed by atoms with van der Waals surface area (Å²) in [6.07, 6.45) is 0. The van der Waals surface area contributed by atoms with Crippen LogP contribution in [0.5, 0.6) is 0 Å². The van der Waals surface area contributed by atoms with Crippen LogP contribution in [0.1, 0.15) is 10.6 Å². The minimum atomic E-state index is -0.400. The van der Waals surface area contributed by atoms with Crippen LogP contribution < -0.4 is 10.7 Å². The number of para-hydroxylation sites is 1. The van der Waals surface area contributed by atoms with Crippen LogP contribution in [0, 0.1) is 0 Å². The molecular weight excluding hydrogens is 402 g/mol. The van der Waals surface area contributed by atoms with Gasteiger partial charge in [0.2, 0.25) is 0 Å². The molecule has 146 valence electrons. The molecule has 0 aliphatic rings. The molecule has 3 aromatic carbocycles. The van der Waals surface area contributed by atoms with Crippen molar-refractivity contribution in [3.63, 3.8) is 0 Å². The molecule has 0 fully saturated rings. The van der Waals surface area contributed by atoms with E-state index in [4.69, 9.17) is 20.4 Å². The average molecular weight is 416 g/mol. The zero-order valence-corrected chi connectivity index (χ0v) is 16.3. The van der Waals surface area contributed by atoms with E-state index in [9.17, 15) is 9.59 Å². The van der Waals surface area contributed by atoms with Crippen LogP contribution in [0.25, 0.3) is 33.3 Å². The summed E-state index contributed by atoms with van der Waals surface area (Å²) in [5.74, 6) is 0.178. The third-order valence-electron chi connectivity index (χ3n) is 4.77. The van der Waals surface area contributed by atoms with Gasteiger partial charge in [0, 0.05) is 22.7 Å². The fourth-order valence-electron chi connectivity index (χ4n) is 3.31. The minimum absolute atomic E-state index is 0.192. The standard InChI is InChI=1S/C24H14ClNO4/c25-18-7-3-2-6-16(18)22-13-19(27)17-12-15(9-10-21(17)30-22)26-24(28)23-11-14-5-1-4-8-20(14)29-23/h1-13H,(H,26,28). The number of furan rings is 1. The SMILES string of the molecule is O=C(Nc1ccc2oc(-c3ccccc3Cl)cc(=O)c2c1)c1cc2ccccc2o1. The van der Waals surface area contributed by atoms with Crippen molar-refractivity contribution in [3.8, 4) is 11.3 Å². The van der Waals surface area contributed by atoms with Gasteiger partial charge in [0.1, 0.15) is 16.9 Å². The molecule has 6 heteroatoms. The number of amides is 1. The lowest BCUT2D eigenvalue weighted by Crippen LogP contribution is -2.11. The number of carbonyl (C=O) groups excluding carboxylic acids is 1. The molecular formula is C24H14ClNO4. The van der Waals surface area contributed by atoms with E-state index >= 15 is 0 Å². The summed E-state index contributed by atoms with van der Waals surface area (Å²) in [4.78, 5) is 25.2. The Morgan fingerprint density at radius 1 is 0.833 bits per heavy atom. The molecule has 0 spiro atoms. The molecule has 0 saturated heterocycles. The van der Waals surface area contributed by atoms with Crippen molar-refractivity contribution >= 4 is 45.1 Å². The summed E-state index contributed by atoms with van der Waals surface area (Å²) in [5.41, 5.74) is 1.91. The summed E-state index contributed by atoms with van der Waals surface area (Å²) in [5, 5.41) is 4.45. The normalized spacial score (nSPS) is 11.1. The molecule has 2 heterocycles. The van der Waals surface area contributed by atoms with Crippen molar-refractivity contribution in [3.05, 3.63) is 99.9 Å². The van der Waals surface area contributed by atoms with E-state index in [2.05, 4.69) is 5.32 Å². The van der Waals surface area contributed by atoms with Crippen LogP contribution in [0.15, 0.2) is 92.5 Å². The van der Waals surface area contributed by atoms with Gasteiger partial charge in [0.15, 0.2) is 11.2 Å². The third-order valence-corrected chi connectivity index (χ3v) is 5.10. The van der Waals surface area contributed by atoms with Crippen LogP contribution in [-0.4, -0.2) is 5.91 Å². The summed E-state index contributed by atoms with van der Waals surface area (Å²) in [6, 6.07) is 22.5. The zero-order chi connectivity index (χ0) is 20.7. The van der Waals surface area contributed by atoms with Gasteiger partial charge >= 0.3 is 0 Å². The molecule has 0 atom stereocenters. The Bertz CT molecular complexity index is 1450. The molecule has 0 unspecified atom stereocenters. The van der Waals surface area contributed by atoms with Crippen LogP contribution in [0.4, 0.5) is 5.69 Å². The van der Waals surface area contributed by atoms with Gasteiger partial charge < -0.3 is 14.2 Å². The predicted molar refractivity (Wildman–Crippen MR) is 117 cm³/mol. The van der Waals surface area contributed by atoms with Gasteiger partial charge in [-0.1, -0.05) is 41.9 Å². The molecule has 0 bridgehead atoms. The molecule has 0 aliphatic heterocycles. The highest BCUT2D eigenvalue weighted by molar-refractivity contribution is 6.33. The summed E-state index contributed by atoms with van der Waals surface area (Å²) >= 11 is 6.21. The van der Waals surface area contributed by atoms with Gasteiger partial charge in [-0.05, 0) is 42.5 Å². The number of halogens is 1. The highest BCUT2D eigenvalue weighted by Gasteiger charge is 2.14. The molecule has 0 saturated carbocycles. The number of hydrogen-bond donors (Lipinski definition) is 1. The van der Waals surface area contributed by atoms with Gasteiger partial charge in [-0.25, -0.2) is 0 Å². The number of anilines is 1. The van der Waals surface area contributed by atoms with Crippen molar-refractivity contribution in [2.24, 2.45) is 0 Å². The number of fused-ring (bicyclic) bond motifs is 2. The van der Waals surface area contributed by atoms with E-state index in [0.29, 0.717) is 38.6 Å². The van der Waals surface area contributed by atoms with E-state index in [1.807, 2.05) is 30.3 Å². The maximum absolute atomic E-state index is 12.7. The maximum atomic E-state index is 12.7. The number of hydrogen-bond acceptors (Lipinski definition) is 4. The van der Waals surface area contributed by atoms with Crippen LogP contribution >= 0.6 is 11.6 Å². The topological polar surface area (TPSA) is 72.5 Å². The van der Waals surface area contributed by atoms with E-state index < -0.39 is 5.91 Å². The van der Waals surface area contributed by atoms with Gasteiger partial charge in [-0.2, -0.15) is 0 Å². The summed E-state index contributed by atoms with van der Waals surface area (Å²) < 4.78 is 11.5. The highest BCUT2D eigenvalue weighted by Crippen LogP contribution is 2.29. The first kappa shape index (κ1) is 18.2. The molecule has 5 aromatic rings. The number of nitrogens with one attached hydrogen (secondary N) is 1. The Balaban J connectivity index is 1.48. The van der Waals surface area contributed by atoms with Crippen molar-refractivity contribution in [1.82, 2.24) is 0 Å². The molecule has 1 amide bonds. The second kappa shape index (κ2) is 7.21. The zero-order valence-electron chi connectivity index (χ0n) is 15.5. The number of benzene rings is 3. The lowest BCUT2D eigenvalue weighted by atomic mass is 10.1. The Hall–Kier alpha value is -3.83. The Kier molecular flexibility index (Phi) is 4.38. The van der Waals surface area contributed by atoms with Crippen LogP contribution in [-0.2, 0) is 0 Å². The first-order valence-corrected chi connectivity index (χ1v) is 9.59. The van der Waals surface area contributed by atoms with E-state index in [-0.39, 0.29) is 11.2 Å². The lowest BCUT2D eigenvalue weighted by molar-refractivity contribution is 0.0998. The molecule has 1 N–H and O–H groups in total. The second-order valence-corrected chi connectivity index (χ2v) is 7.18. The monoisotopic (exact) mass is 415 g/mol. The highest BCUT2D eigenvalue weighted by atomic mass is 35.5. The average Bonchev–Trinajstić information content (AvgIpc) is 3.19. The van der Waals surface area contributed by atoms with E-state index in [1.165, 1.54) is 6.07 Å². The first-order chi connectivity index (χ1) is 14.6.